The molecule has 2 rings (SSSR count). The Labute approximate surface area is 134 Å². The summed E-state index contributed by atoms with van der Waals surface area (Å²) in [6, 6.07) is 0.941. The molecule has 7 nitrogen and oxygen atoms in total. The highest BCUT2D eigenvalue weighted by Crippen LogP contribution is 2.17. The summed E-state index contributed by atoms with van der Waals surface area (Å²) in [5.41, 5.74) is 1.03. The molecular formula is C16H22N4O3. The number of aliphatic carboxylic acids is 1. The fourth-order valence-electron chi connectivity index (χ4n) is 2.38. The summed E-state index contributed by atoms with van der Waals surface area (Å²) in [6.45, 7) is 7.82. The van der Waals surface area contributed by atoms with E-state index in [2.05, 4.69) is 15.4 Å². The van der Waals surface area contributed by atoms with Crippen LogP contribution in [0.1, 0.15) is 50.5 Å². The molecule has 1 amide bonds. The Hall–Kier alpha value is -2.44. The van der Waals surface area contributed by atoms with Crippen molar-refractivity contribution < 1.29 is 14.7 Å². The smallest absolute Gasteiger partial charge is 0.326 e. The molecule has 2 aromatic heterocycles. The molecule has 0 fully saturated rings. The quantitative estimate of drug-likeness (QED) is 0.851. The number of fused-ring (bicyclic) bond motifs is 1. The van der Waals surface area contributed by atoms with E-state index in [1.165, 1.54) is 6.20 Å². The molecule has 1 unspecified atom stereocenters. The predicted molar refractivity (Wildman–Crippen MR) is 86.3 cm³/mol. The molecule has 0 aliphatic carbocycles. The lowest BCUT2D eigenvalue weighted by molar-refractivity contribution is -0.139. The second-order valence-corrected chi connectivity index (χ2v) is 6.31. The lowest BCUT2D eigenvalue weighted by Gasteiger charge is -2.16. The van der Waals surface area contributed by atoms with Crippen LogP contribution in [0.4, 0.5) is 0 Å². The van der Waals surface area contributed by atoms with Gasteiger partial charge >= 0.3 is 5.97 Å². The molecule has 23 heavy (non-hydrogen) atoms. The predicted octanol–water partition coefficient (Wildman–Crippen LogP) is 2.24. The maximum Gasteiger partial charge on any atom is 0.326 e. The number of carbonyl (C=O) groups is 2. The third-order valence-corrected chi connectivity index (χ3v) is 3.50. The molecule has 7 heteroatoms. The third-order valence-electron chi connectivity index (χ3n) is 3.50. The highest BCUT2D eigenvalue weighted by Gasteiger charge is 2.22. The van der Waals surface area contributed by atoms with E-state index in [0.717, 1.165) is 5.39 Å². The maximum atomic E-state index is 12.3. The van der Waals surface area contributed by atoms with E-state index in [1.54, 1.807) is 16.9 Å². The second-order valence-electron chi connectivity index (χ2n) is 6.31. The van der Waals surface area contributed by atoms with Crippen LogP contribution in [0, 0.1) is 5.92 Å². The Kier molecular flexibility index (Phi) is 4.98. The number of amides is 1. The van der Waals surface area contributed by atoms with Gasteiger partial charge in [0.05, 0.1) is 11.8 Å². The number of hydrogen-bond donors (Lipinski definition) is 2. The van der Waals surface area contributed by atoms with E-state index in [9.17, 15) is 14.7 Å². The van der Waals surface area contributed by atoms with Crippen molar-refractivity contribution in [2.24, 2.45) is 5.92 Å². The zero-order valence-electron chi connectivity index (χ0n) is 13.8. The molecule has 0 saturated carbocycles. The van der Waals surface area contributed by atoms with Crippen molar-refractivity contribution in [2.75, 3.05) is 0 Å². The number of nitrogens with one attached hydrogen (secondary N) is 1. The lowest BCUT2D eigenvalue weighted by atomic mass is 10.0. The van der Waals surface area contributed by atoms with Crippen molar-refractivity contribution in [1.29, 1.82) is 0 Å². The number of rotatable bonds is 6. The van der Waals surface area contributed by atoms with Gasteiger partial charge in [-0.3, -0.25) is 4.79 Å². The molecule has 0 bridgehead atoms. The van der Waals surface area contributed by atoms with Gasteiger partial charge in [0.25, 0.3) is 5.91 Å². The molecule has 0 aliphatic heterocycles. The number of hydrogen-bond acceptors (Lipinski definition) is 4. The Morgan fingerprint density at radius 3 is 2.52 bits per heavy atom. The Morgan fingerprint density at radius 2 is 1.96 bits per heavy atom. The first-order valence-electron chi connectivity index (χ1n) is 7.66. The van der Waals surface area contributed by atoms with Gasteiger partial charge in [-0.15, -0.1) is 0 Å². The van der Waals surface area contributed by atoms with Gasteiger partial charge in [-0.25, -0.2) is 14.5 Å². The summed E-state index contributed by atoms with van der Waals surface area (Å²) in [5.74, 6) is -1.31. The van der Waals surface area contributed by atoms with Crippen molar-refractivity contribution in [3.05, 3.63) is 24.0 Å². The molecule has 0 aromatic carbocycles. The number of pyridine rings is 1. The highest BCUT2D eigenvalue weighted by molar-refractivity contribution is 5.98. The Bertz CT molecular complexity index is 721. The monoisotopic (exact) mass is 318 g/mol. The zero-order valence-corrected chi connectivity index (χ0v) is 13.8. The van der Waals surface area contributed by atoms with E-state index >= 15 is 0 Å². The van der Waals surface area contributed by atoms with E-state index in [-0.39, 0.29) is 12.0 Å². The third kappa shape index (κ3) is 3.85. The van der Waals surface area contributed by atoms with Crippen LogP contribution in [-0.4, -0.2) is 37.8 Å². The Balaban J connectivity index is 2.22. The minimum Gasteiger partial charge on any atom is -0.480 e. The number of carboxylic acid groups (broad SMARTS) is 1. The van der Waals surface area contributed by atoms with Crippen LogP contribution in [0.5, 0.6) is 0 Å². The van der Waals surface area contributed by atoms with Gasteiger partial charge in [0.2, 0.25) is 0 Å². The van der Waals surface area contributed by atoms with Gasteiger partial charge in [0.1, 0.15) is 6.04 Å². The molecule has 1 atom stereocenters. The van der Waals surface area contributed by atoms with Gasteiger partial charge in [-0.1, -0.05) is 13.8 Å². The van der Waals surface area contributed by atoms with Gasteiger partial charge in [-0.05, 0) is 32.3 Å². The molecule has 2 aromatic rings. The first-order chi connectivity index (χ1) is 10.8. The van der Waals surface area contributed by atoms with Crippen molar-refractivity contribution in [2.45, 2.75) is 46.2 Å². The molecule has 2 N–H and O–H groups in total. The van der Waals surface area contributed by atoms with Crippen LogP contribution in [-0.2, 0) is 4.79 Å². The van der Waals surface area contributed by atoms with Crippen LogP contribution < -0.4 is 5.32 Å². The van der Waals surface area contributed by atoms with E-state index in [0.29, 0.717) is 17.6 Å². The molecule has 0 spiro atoms. The molecule has 124 valence electrons. The lowest BCUT2D eigenvalue weighted by Crippen LogP contribution is -2.41. The van der Waals surface area contributed by atoms with Crippen molar-refractivity contribution in [3.63, 3.8) is 0 Å². The maximum absolute atomic E-state index is 12.3. The van der Waals surface area contributed by atoms with E-state index in [1.807, 2.05) is 27.7 Å². The second kappa shape index (κ2) is 6.76. The fourth-order valence-corrected chi connectivity index (χ4v) is 2.38. The SMILES string of the molecule is CC(C)CC(NC(=O)c1cnc2c(cnn2C(C)C)c1)C(=O)O. The number of carbonyl (C=O) groups excluding carboxylic acids is 1. The summed E-state index contributed by atoms with van der Waals surface area (Å²) >= 11 is 0. The fraction of sp³-hybridized carbons (Fsp3) is 0.500. The number of nitrogens with zero attached hydrogens (tertiary/aromatic N) is 3. The van der Waals surface area contributed by atoms with Gasteiger partial charge in [-0.2, -0.15) is 5.10 Å². The first kappa shape index (κ1) is 16.9. The normalized spacial score (nSPS) is 12.8. The topological polar surface area (TPSA) is 97.1 Å². The summed E-state index contributed by atoms with van der Waals surface area (Å²) in [5, 5.41) is 16.8. The average Bonchev–Trinajstić information content (AvgIpc) is 2.88. The molecule has 0 aliphatic rings. The van der Waals surface area contributed by atoms with Crippen LogP contribution in [0.25, 0.3) is 11.0 Å². The van der Waals surface area contributed by atoms with Crippen molar-refractivity contribution in [3.8, 4) is 0 Å². The van der Waals surface area contributed by atoms with E-state index < -0.39 is 17.9 Å². The summed E-state index contributed by atoms with van der Waals surface area (Å²) in [4.78, 5) is 27.8. The largest absolute Gasteiger partial charge is 0.480 e. The van der Waals surface area contributed by atoms with Gasteiger partial charge < -0.3 is 10.4 Å². The van der Waals surface area contributed by atoms with Gasteiger partial charge in [0, 0.05) is 17.6 Å². The molecule has 0 radical (unpaired) electrons. The van der Waals surface area contributed by atoms with Crippen molar-refractivity contribution >= 4 is 22.9 Å². The number of aromatic nitrogens is 3. The minimum atomic E-state index is -1.03. The molecule has 2 heterocycles. The summed E-state index contributed by atoms with van der Waals surface area (Å²) < 4.78 is 1.77. The zero-order chi connectivity index (χ0) is 17.1. The van der Waals surface area contributed by atoms with Crippen LogP contribution in [0.3, 0.4) is 0 Å². The standard InChI is InChI=1S/C16H22N4O3/c1-9(2)5-13(16(22)23)19-15(21)12-6-11-8-18-20(10(3)4)14(11)17-7-12/h6-10,13H,5H2,1-4H3,(H,19,21)(H,22,23). The minimum absolute atomic E-state index is 0.168. The van der Waals surface area contributed by atoms with Crippen LogP contribution >= 0.6 is 0 Å². The summed E-state index contributed by atoms with van der Waals surface area (Å²) in [6.07, 6.45) is 3.48. The van der Waals surface area contributed by atoms with Crippen LogP contribution in [0.2, 0.25) is 0 Å². The average molecular weight is 318 g/mol. The Morgan fingerprint density at radius 1 is 1.26 bits per heavy atom. The van der Waals surface area contributed by atoms with Crippen molar-refractivity contribution in [1.82, 2.24) is 20.1 Å². The van der Waals surface area contributed by atoms with Crippen LogP contribution in [0.15, 0.2) is 18.5 Å². The first-order valence-corrected chi connectivity index (χ1v) is 7.66. The van der Waals surface area contributed by atoms with E-state index in [4.69, 9.17) is 0 Å². The molecular weight excluding hydrogens is 296 g/mol. The molecule has 0 saturated heterocycles. The summed E-state index contributed by atoms with van der Waals surface area (Å²) in [7, 11) is 0. The number of carboxylic acids is 1. The van der Waals surface area contributed by atoms with Gasteiger partial charge in [0.15, 0.2) is 5.65 Å². The highest BCUT2D eigenvalue weighted by atomic mass is 16.4.